The molecule has 16 heavy (non-hydrogen) atoms. The van der Waals surface area contributed by atoms with Crippen LogP contribution in [-0.4, -0.2) is 31.1 Å². The molecule has 0 aromatic rings. The quantitative estimate of drug-likeness (QED) is 0.614. The van der Waals surface area contributed by atoms with Gasteiger partial charge in [-0.3, -0.25) is 9.59 Å². The summed E-state index contributed by atoms with van der Waals surface area (Å²) in [6.07, 6.45) is 0.212. The van der Waals surface area contributed by atoms with Gasteiger partial charge in [0.15, 0.2) is 0 Å². The van der Waals surface area contributed by atoms with Crippen LogP contribution in [0.5, 0.6) is 0 Å². The highest BCUT2D eigenvalue weighted by Gasteiger charge is 2.20. The maximum atomic E-state index is 11.3. The average molecular weight is 227 g/mol. The molecule has 0 unspecified atom stereocenters. The van der Waals surface area contributed by atoms with Gasteiger partial charge in [-0.1, -0.05) is 0 Å². The van der Waals surface area contributed by atoms with E-state index in [1.54, 1.807) is 13.8 Å². The number of nitrogens with two attached hydrogens (primary N) is 1. The SMILES string of the molecule is CCOCC(=O)N[C@@H](C[C@H](C)C#N)C(N)=O. The summed E-state index contributed by atoms with van der Waals surface area (Å²) in [5.41, 5.74) is 5.11. The van der Waals surface area contributed by atoms with Crippen LogP contribution >= 0.6 is 0 Å². The van der Waals surface area contributed by atoms with E-state index >= 15 is 0 Å². The molecule has 0 aliphatic rings. The molecule has 0 fully saturated rings. The van der Waals surface area contributed by atoms with Crippen LogP contribution in [0.3, 0.4) is 0 Å². The van der Waals surface area contributed by atoms with E-state index in [-0.39, 0.29) is 18.9 Å². The molecular formula is C10H17N3O3. The van der Waals surface area contributed by atoms with Crippen molar-refractivity contribution in [2.24, 2.45) is 11.7 Å². The first kappa shape index (κ1) is 14.4. The van der Waals surface area contributed by atoms with Gasteiger partial charge in [0.05, 0.1) is 6.07 Å². The van der Waals surface area contributed by atoms with Gasteiger partial charge in [-0.25, -0.2) is 0 Å². The van der Waals surface area contributed by atoms with Crippen molar-refractivity contribution in [1.82, 2.24) is 5.32 Å². The van der Waals surface area contributed by atoms with Crippen molar-refractivity contribution in [3.05, 3.63) is 0 Å². The van der Waals surface area contributed by atoms with E-state index in [0.717, 1.165) is 0 Å². The van der Waals surface area contributed by atoms with Crippen molar-refractivity contribution in [1.29, 1.82) is 5.26 Å². The number of ether oxygens (including phenoxy) is 1. The van der Waals surface area contributed by atoms with Crippen molar-refractivity contribution >= 4 is 11.8 Å². The summed E-state index contributed by atoms with van der Waals surface area (Å²) in [5.74, 6) is -1.40. The molecule has 3 N–H and O–H groups in total. The lowest BCUT2D eigenvalue weighted by Crippen LogP contribution is -2.46. The molecular weight excluding hydrogens is 210 g/mol. The van der Waals surface area contributed by atoms with E-state index in [1.165, 1.54) is 0 Å². The zero-order valence-electron chi connectivity index (χ0n) is 9.53. The molecule has 0 rings (SSSR count). The van der Waals surface area contributed by atoms with Gasteiger partial charge >= 0.3 is 0 Å². The Kier molecular flexibility index (Phi) is 6.88. The molecule has 2 atom stereocenters. The topological polar surface area (TPSA) is 105 Å². The molecule has 0 aromatic carbocycles. The van der Waals surface area contributed by atoms with Crippen LogP contribution in [0.1, 0.15) is 20.3 Å². The summed E-state index contributed by atoms with van der Waals surface area (Å²) < 4.78 is 4.88. The van der Waals surface area contributed by atoms with Crippen LogP contribution in [0, 0.1) is 17.2 Å². The van der Waals surface area contributed by atoms with Gasteiger partial charge in [0.25, 0.3) is 0 Å². The Morgan fingerprint density at radius 1 is 1.56 bits per heavy atom. The number of amides is 2. The van der Waals surface area contributed by atoms with Gasteiger partial charge in [-0.05, 0) is 20.3 Å². The van der Waals surface area contributed by atoms with E-state index in [2.05, 4.69) is 5.32 Å². The predicted molar refractivity (Wildman–Crippen MR) is 57.0 cm³/mol. The highest BCUT2D eigenvalue weighted by atomic mass is 16.5. The summed E-state index contributed by atoms with van der Waals surface area (Å²) in [6.45, 7) is 3.73. The smallest absolute Gasteiger partial charge is 0.246 e. The largest absolute Gasteiger partial charge is 0.372 e. The van der Waals surface area contributed by atoms with E-state index < -0.39 is 17.9 Å². The van der Waals surface area contributed by atoms with Gasteiger partial charge in [0.1, 0.15) is 12.6 Å². The normalized spacial score (nSPS) is 13.6. The third kappa shape index (κ3) is 5.98. The third-order valence-electron chi connectivity index (χ3n) is 1.93. The van der Waals surface area contributed by atoms with Crippen molar-refractivity contribution in [3.63, 3.8) is 0 Å². The molecule has 0 aliphatic heterocycles. The van der Waals surface area contributed by atoms with E-state index in [0.29, 0.717) is 6.61 Å². The Hall–Kier alpha value is -1.61. The summed E-state index contributed by atoms with van der Waals surface area (Å²) in [5, 5.41) is 11.0. The van der Waals surface area contributed by atoms with Crippen LogP contribution in [-0.2, 0) is 14.3 Å². The van der Waals surface area contributed by atoms with Crippen molar-refractivity contribution in [3.8, 4) is 6.07 Å². The van der Waals surface area contributed by atoms with Crippen LogP contribution in [0.2, 0.25) is 0 Å². The minimum Gasteiger partial charge on any atom is -0.372 e. The number of carbonyl (C=O) groups excluding carboxylic acids is 2. The molecule has 90 valence electrons. The lowest BCUT2D eigenvalue weighted by atomic mass is 10.0. The van der Waals surface area contributed by atoms with Gasteiger partial charge in [-0.2, -0.15) is 5.26 Å². The van der Waals surface area contributed by atoms with Crippen LogP contribution < -0.4 is 11.1 Å². The molecule has 0 saturated carbocycles. The highest BCUT2D eigenvalue weighted by molar-refractivity contribution is 5.87. The Bertz CT molecular complexity index is 286. The second kappa shape index (κ2) is 7.65. The first-order valence-corrected chi connectivity index (χ1v) is 5.07. The highest BCUT2D eigenvalue weighted by Crippen LogP contribution is 2.04. The molecule has 0 radical (unpaired) electrons. The summed E-state index contributed by atoms with van der Waals surface area (Å²) in [6, 6.07) is 1.16. The number of hydrogen-bond acceptors (Lipinski definition) is 4. The Balaban J connectivity index is 4.19. The fourth-order valence-corrected chi connectivity index (χ4v) is 1.08. The van der Waals surface area contributed by atoms with Crippen molar-refractivity contribution in [2.45, 2.75) is 26.3 Å². The minimum absolute atomic E-state index is 0.110. The van der Waals surface area contributed by atoms with E-state index in [4.69, 9.17) is 15.7 Å². The van der Waals surface area contributed by atoms with Crippen molar-refractivity contribution < 1.29 is 14.3 Å². The standard InChI is InChI=1S/C10H17N3O3/c1-3-16-6-9(14)13-8(10(12)15)4-7(2)5-11/h7-8H,3-4,6H2,1-2H3,(H2,12,15)(H,13,14)/t7-,8-/m0/s1. The fourth-order valence-electron chi connectivity index (χ4n) is 1.08. The number of nitrogens with one attached hydrogen (secondary N) is 1. The zero-order valence-corrected chi connectivity index (χ0v) is 9.53. The van der Waals surface area contributed by atoms with Gasteiger partial charge < -0.3 is 15.8 Å². The van der Waals surface area contributed by atoms with Crippen LogP contribution in [0.4, 0.5) is 0 Å². The molecule has 0 spiro atoms. The predicted octanol–water partition coefficient (Wildman–Crippen LogP) is -0.457. The Morgan fingerprint density at radius 3 is 2.62 bits per heavy atom. The molecule has 0 aliphatic carbocycles. The number of rotatable bonds is 7. The van der Waals surface area contributed by atoms with E-state index in [1.807, 2.05) is 6.07 Å². The van der Waals surface area contributed by atoms with E-state index in [9.17, 15) is 9.59 Å². The molecule has 6 nitrogen and oxygen atoms in total. The minimum atomic E-state index is -0.817. The van der Waals surface area contributed by atoms with Gasteiger partial charge in [0.2, 0.25) is 11.8 Å². The van der Waals surface area contributed by atoms with Crippen molar-refractivity contribution in [2.75, 3.05) is 13.2 Å². The molecule has 6 heteroatoms. The molecule has 0 saturated heterocycles. The number of nitrogens with zero attached hydrogens (tertiary/aromatic N) is 1. The summed E-state index contributed by atoms with van der Waals surface area (Å²) in [4.78, 5) is 22.3. The number of carbonyl (C=O) groups is 2. The van der Waals surface area contributed by atoms with Crippen LogP contribution in [0.25, 0.3) is 0 Å². The first-order valence-electron chi connectivity index (χ1n) is 5.07. The van der Waals surface area contributed by atoms with Crippen LogP contribution in [0.15, 0.2) is 0 Å². The monoisotopic (exact) mass is 227 g/mol. The molecule has 0 heterocycles. The molecule has 0 bridgehead atoms. The van der Waals surface area contributed by atoms with Gasteiger partial charge in [0, 0.05) is 12.5 Å². The number of hydrogen-bond donors (Lipinski definition) is 2. The second-order valence-corrected chi connectivity index (χ2v) is 3.43. The molecule has 2 amide bonds. The third-order valence-corrected chi connectivity index (χ3v) is 1.93. The fraction of sp³-hybridized carbons (Fsp3) is 0.700. The maximum Gasteiger partial charge on any atom is 0.246 e. The summed E-state index contributed by atoms with van der Waals surface area (Å²) in [7, 11) is 0. The lowest BCUT2D eigenvalue weighted by molar-refractivity contribution is -0.130. The number of primary amides is 1. The zero-order chi connectivity index (χ0) is 12.6. The Labute approximate surface area is 94.7 Å². The lowest BCUT2D eigenvalue weighted by Gasteiger charge is -2.16. The first-order chi connectivity index (χ1) is 7.51. The number of nitriles is 1. The molecule has 0 aromatic heterocycles. The second-order valence-electron chi connectivity index (χ2n) is 3.43. The Morgan fingerprint density at radius 2 is 2.19 bits per heavy atom. The van der Waals surface area contributed by atoms with Gasteiger partial charge in [-0.15, -0.1) is 0 Å². The maximum absolute atomic E-state index is 11.3. The summed E-state index contributed by atoms with van der Waals surface area (Å²) >= 11 is 0. The average Bonchev–Trinajstić information content (AvgIpc) is 2.24.